The van der Waals surface area contributed by atoms with Crippen molar-refractivity contribution in [3.63, 3.8) is 0 Å². The zero-order valence-electron chi connectivity index (χ0n) is 15.0. The molecule has 1 aliphatic heterocycles. The highest BCUT2D eigenvalue weighted by atomic mass is 32.1. The first-order valence-corrected chi connectivity index (χ1v) is 9.43. The summed E-state index contributed by atoms with van der Waals surface area (Å²) in [6.45, 7) is 11.0. The van der Waals surface area contributed by atoms with Crippen molar-refractivity contribution < 1.29 is 9.53 Å². The second-order valence-corrected chi connectivity index (χ2v) is 8.49. The van der Waals surface area contributed by atoms with Crippen molar-refractivity contribution >= 4 is 17.4 Å². The van der Waals surface area contributed by atoms with Crippen molar-refractivity contribution in [3.05, 3.63) is 22.4 Å². The number of nitrogens with one attached hydrogen (secondary N) is 1. The molecule has 0 saturated carbocycles. The maximum Gasteiger partial charge on any atom is 0.410 e. The lowest BCUT2D eigenvalue weighted by Gasteiger charge is -2.30. The van der Waals surface area contributed by atoms with Crippen LogP contribution in [0.4, 0.5) is 4.79 Å². The molecule has 1 fully saturated rings. The monoisotopic (exact) mass is 338 g/mol. The molecule has 4 nitrogen and oxygen atoms in total. The van der Waals surface area contributed by atoms with Crippen molar-refractivity contribution in [1.82, 2.24) is 10.2 Å². The minimum absolute atomic E-state index is 0.168. The largest absolute Gasteiger partial charge is 0.444 e. The van der Waals surface area contributed by atoms with Gasteiger partial charge in [-0.25, -0.2) is 4.79 Å². The molecule has 23 heavy (non-hydrogen) atoms. The van der Waals surface area contributed by atoms with E-state index < -0.39 is 5.60 Å². The number of amides is 1. The summed E-state index contributed by atoms with van der Waals surface area (Å²) in [5.74, 6) is 0. The molecule has 1 saturated heterocycles. The van der Waals surface area contributed by atoms with Gasteiger partial charge in [-0.2, -0.15) is 0 Å². The van der Waals surface area contributed by atoms with Gasteiger partial charge in [0.15, 0.2) is 0 Å². The van der Waals surface area contributed by atoms with Crippen LogP contribution in [0.5, 0.6) is 0 Å². The molecular formula is C18H30N2O2S. The van der Waals surface area contributed by atoms with E-state index in [2.05, 4.69) is 36.7 Å². The average Bonchev–Trinajstić information content (AvgIpc) is 3.06. The molecule has 3 atom stereocenters. The molecule has 1 aliphatic rings. The lowest BCUT2D eigenvalue weighted by Crippen LogP contribution is -2.42. The van der Waals surface area contributed by atoms with Gasteiger partial charge in [0.1, 0.15) is 5.60 Å². The van der Waals surface area contributed by atoms with Gasteiger partial charge in [0.05, 0.1) is 0 Å². The van der Waals surface area contributed by atoms with E-state index in [1.807, 2.05) is 25.7 Å². The first kappa shape index (κ1) is 18.3. The molecule has 1 aromatic rings. The maximum absolute atomic E-state index is 12.3. The number of carbonyl (C=O) groups excluding carboxylic acids is 1. The number of carbonyl (C=O) groups is 1. The van der Waals surface area contributed by atoms with Crippen LogP contribution in [0.15, 0.2) is 17.5 Å². The van der Waals surface area contributed by atoms with Gasteiger partial charge in [-0.3, -0.25) is 0 Å². The van der Waals surface area contributed by atoms with Crippen molar-refractivity contribution in [2.75, 3.05) is 6.54 Å². The van der Waals surface area contributed by atoms with Crippen molar-refractivity contribution in [2.45, 2.75) is 77.6 Å². The molecule has 130 valence electrons. The molecular weight excluding hydrogens is 308 g/mol. The van der Waals surface area contributed by atoms with E-state index in [0.29, 0.717) is 12.1 Å². The Morgan fingerprint density at radius 1 is 1.48 bits per heavy atom. The molecule has 0 spiro atoms. The SMILES string of the molecule is CC(CC1CCCN1C(=O)OC(C)(C)C)N[C@@H](C)c1cccs1. The molecule has 2 rings (SSSR count). The van der Waals surface area contributed by atoms with Gasteiger partial charge in [0.25, 0.3) is 0 Å². The molecule has 0 aromatic carbocycles. The summed E-state index contributed by atoms with van der Waals surface area (Å²) in [6, 6.07) is 5.24. The topological polar surface area (TPSA) is 41.6 Å². The minimum Gasteiger partial charge on any atom is -0.444 e. The number of rotatable bonds is 5. The van der Waals surface area contributed by atoms with E-state index >= 15 is 0 Å². The van der Waals surface area contributed by atoms with Crippen molar-refractivity contribution in [2.24, 2.45) is 0 Å². The van der Waals surface area contributed by atoms with Crippen LogP contribution in [0.2, 0.25) is 0 Å². The van der Waals surface area contributed by atoms with Crippen LogP contribution < -0.4 is 5.32 Å². The summed E-state index contributed by atoms with van der Waals surface area (Å²) in [5, 5.41) is 5.76. The number of hydrogen-bond acceptors (Lipinski definition) is 4. The zero-order chi connectivity index (χ0) is 17.0. The first-order valence-electron chi connectivity index (χ1n) is 8.55. The van der Waals surface area contributed by atoms with E-state index in [4.69, 9.17) is 4.74 Å². The summed E-state index contributed by atoms with van der Waals surface area (Å²) in [5.41, 5.74) is -0.429. The Labute approximate surface area is 144 Å². The van der Waals surface area contributed by atoms with Crippen molar-refractivity contribution in [3.8, 4) is 0 Å². The van der Waals surface area contributed by atoms with Gasteiger partial charge in [-0.1, -0.05) is 6.07 Å². The third-order valence-corrected chi connectivity index (χ3v) is 5.19. The second-order valence-electron chi connectivity index (χ2n) is 7.51. The van der Waals surface area contributed by atoms with E-state index in [1.54, 1.807) is 11.3 Å². The number of thiophene rings is 1. The van der Waals surface area contributed by atoms with E-state index in [0.717, 1.165) is 25.8 Å². The van der Waals surface area contributed by atoms with Gasteiger partial charge >= 0.3 is 6.09 Å². The lowest BCUT2D eigenvalue weighted by molar-refractivity contribution is 0.0214. The fraction of sp³-hybridized carbons (Fsp3) is 0.722. The Morgan fingerprint density at radius 3 is 2.83 bits per heavy atom. The summed E-state index contributed by atoms with van der Waals surface area (Å²) in [6.07, 6.45) is 2.93. The van der Waals surface area contributed by atoms with Gasteiger partial charge in [-0.05, 0) is 65.3 Å². The molecule has 0 bridgehead atoms. The summed E-state index contributed by atoms with van der Waals surface area (Å²) < 4.78 is 5.54. The molecule has 5 heteroatoms. The standard InChI is InChI=1S/C18H30N2O2S/c1-13(19-14(2)16-9-7-11-23-16)12-15-8-6-10-20(15)17(21)22-18(3,4)5/h7,9,11,13-15,19H,6,8,10,12H2,1-5H3/t13?,14-,15?/m0/s1. The Bertz CT molecular complexity index is 496. The van der Waals surface area contributed by atoms with Crippen LogP contribution in [0, 0.1) is 0 Å². The van der Waals surface area contributed by atoms with Crippen LogP contribution in [0.25, 0.3) is 0 Å². The predicted octanol–water partition coefficient (Wildman–Crippen LogP) is 4.58. The minimum atomic E-state index is -0.429. The highest BCUT2D eigenvalue weighted by molar-refractivity contribution is 7.10. The van der Waals surface area contributed by atoms with E-state index in [1.165, 1.54) is 4.88 Å². The van der Waals surface area contributed by atoms with Crippen molar-refractivity contribution in [1.29, 1.82) is 0 Å². The van der Waals surface area contributed by atoms with E-state index in [9.17, 15) is 4.79 Å². The normalized spacial score (nSPS) is 21.3. The fourth-order valence-electron chi connectivity index (χ4n) is 3.16. The van der Waals surface area contributed by atoms with Gasteiger partial charge < -0.3 is 15.0 Å². The highest BCUT2D eigenvalue weighted by Crippen LogP contribution is 2.25. The second kappa shape index (κ2) is 7.67. The first-order chi connectivity index (χ1) is 10.8. The van der Waals surface area contributed by atoms with Gasteiger partial charge in [0.2, 0.25) is 0 Å². The van der Waals surface area contributed by atoms with Gasteiger partial charge in [-0.15, -0.1) is 11.3 Å². The summed E-state index contributed by atoms with van der Waals surface area (Å²) >= 11 is 1.78. The lowest BCUT2D eigenvalue weighted by atomic mass is 10.1. The molecule has 0 aliphatic carbocycles. The third-order valence-electron chi connectivity index (χ3n) is 4.14. The number of likely N-dealkylation sites (tertiary alicyclic amines) is 1. The summed E-state index contributed by atoms with van der Waals surface area (Å²) in [4.78, 5) is 15.6. The molecule has 1 amide bonds. The Morgan fingerprint density at radius 2 is 2.22 bits per heavy atom. The fourth-order valence-corrected chi connectivity index (χ4v) is 3.91. The maximum atomic E-state index is 12.3. The third kappa shape index (κ3) is 5.50. The van der Waals surface area contributed by atoms with Crippen LogP contribution in [0.3, 0.4) is 0 Å². The van der Waals surface area contributed by atoms with Crippen LogP contribution in [-0.4, -0.2) is 35.2 Å². The quantitative estimate of drug-likeness (QED) is 0.854. The van der Waals surface area contributed by atoms with Crippen LogP contribution in [0.1, 0.15) is 64.8 Å². The van der Waals surface area contributed by atoms with E-state index in [-0.39, 0.29) is 12.1 Å². The smallest absolute Gasteiger partial charge is 0.410 e. The van der Waals surface area contributed by atoms with Crippen LogP contribution >= 0.6 is 11.3 Å². The Balaban J connectivity index is 1.86. The average molecular weight is 339 g/mol. The number of nitrogens with zero attached hydrogens (tertiary/aromatic N) is 1. The zero-order valence-corrected chi connectivity index (χ0v) is 15.8. The molecule has 1 aromatic heterocycles. The Hall–Kier alpha value is -1.07. The predicted molar refractivity (Wildman–Crippen MR) is 95.9 cm³/mol. The number of ether oxygens (including phenoxy) is 1. The number of hydrogen-bond donors (Lipinski definition) is 1. The molecule has 0 radical (unpaired) electrons. The molecule has 2 heterocycles. The highest BCUT2D eigenvalue weighted by Gasteiger charge is 2.33. The Kier molecular flexibility index (Phi) is 6.09. The van der Waals surface area contributed by atoms with Gasteiger partial charge in [0, 0.05) is 29.5 Å². The molecule has 2 unspecified atom stereocenters. The molecule has 1 N–H and O–H groups in total. The van der Waals surface area contributed by atoms with Crippen LogP contribution in [-0.2, 0) is 4.74 Å². The summed E-state index contributed by atoms with van der Waals surface area (Å²) in [7, 11) is 0.